The van der Waals surface area contributed by atoms with E-state index in [4.69, 9.17) is 14.2 Å². The molecule has 0 bridgehead atoms. The molecule has 0 heterocycles. The van der Waals surface area contributed by atoms with E-state index >= 15 is 0 Å². The Morgan fingerprint density at radius 1 is 0.412 bits per heavy atom. The van der Waals surface area contributed by atoms with Crippen LogP contribution in [0, 0.1) is 11.8 Å². The van der Waals surface area contributed by atoms with Gasteiger partial charge in [0.25, 0.3) is 0 Å². The van der Waals surface area contributed by atoms with Crippen LogP contribution in [0.5, 0.6) is 0 Å². The van der Waals surface area contributed by atoms with E-state index in [0.29, 0.717) is 19.3 Å². The standard InChI is InChI=1S/C45H86O6/c1-6-8-9-10-11-13-22-27-32-37-45(48)51-42(38-49-43(46)35-30-25-20-15-12-14-18-23-28-33-40(3)4)39-50-44(47)36-31-26-21-17-16-19-24-29-34-41(5)7-2/h40-42H,6-39H2,1-5H3/t41?,42-/m0/s1. The second kappa shape index (κ2) is 38.1. The van der Waals surface area contributed by atoms with Crippen LogP contribution in [0.2, 0.25) is 0 Å². The molecule has 0 saturated heterocycles. The van der Waals surface area contributed by atoms with Gasteiger partial charge in [0, 0.05) is 19.3 Å². The van der Waals surface area contributed by atoms with Gasteiger partial charge >= 0.3 is 17.9 Å². The molecule has 2 atom stereocenters. The molecule has 0 aliphatic heterocycles. The fourth-order valence-electron chi connectivity index (χ4n) is 6.54. The molecule has 6 nitrogen and oxygen atoms in total. The molecule has 0 spiro atoms. The van der Waals surface area contributed by atoms with E-state index in [1.165, 1.54) is 128 Å². The van der Waals surface area contributed by atoms with E-state index in [2.05, 4.69) is 34.6 Å². The van der Waals surface area contributed by atoms with Gasteiger partial charge in [-0.2, -0.15) is 0 Å². The van der Waals surface area contributed by atoms with Gasteiger partial charge in [0.2, 0.25) is 0 Å². The Balaban J connectivity index is 4.33. The van der Waals surface area contributed by atoms with E-state index in [1.807, 2.05) is 0 Å². The van der Waals surface area contributed by atoms with Crippen molar-refractivity contribution in [2.45, 2.75) is 246 Å². The van der Waals surface area contributed by atoms with Crippen molar-refractivity contribution in [3.05, 3.63) is 0 Å². The number of hydrogen-bond donors (Lipinski definition) is 0. The molecule has 0 aromatic rings. The summed E-state index contributed by atoms with van der Waals surface area (Å²) in [6, 6.07) is 0. The SMILES string of the molecule is CCCCCCCCCCCC(=O)O[C@@H](COC(=O)CCCCCCCCCCCC(C)C)COC(=O)CCCCCCCCCCC(C)CC. The van der Waals surface area contributed by atoms with E-state index in [9.17, 15) is 14.4 Å². The van der Waals surface area contributed by atoms with Crippen LogP contribution in [0.1, 0.15) is 240 Å². The zero-order chi connectivity index (χ0) is 37.6. The lowest BCUT2D eigenvalue weighted by atomic mass is 9.99. The molecule has 302 valence electrons. The molecule has 0 amide bonds. The molecule has 0 aromatic heterocycles. The highest BCUT2D eigenvalue weighted by Gasteiger charge is 2.19. The molecule has 1 unspecified atom stereocenters. The molecule has 0 aliphatic rings. The lowest BCUT2D eigenvalue weighted by molar-refractivity contribution is -0.167. The van der Waals surface area contributed by atoms with Crippen molar-refractivity contribution in [2.75, 3.05) is 13.2 Å². The number of rotatable bonds is 39. The maximum absolute atomic E-state index is 12.6. The first-order valence-electron chi connectivity index (χ1n) is 22.3. The zero-order valence-electron chi connectivity index (χ0n) is 34.7. The van der Waals surface area contributed by atoms with Crippen LogP contribution in [0.3, 0.4) is 0 Å². The fraction of sp³-hybridized carbons (Fsp3) is 0.933. The molecule has 0 aromatic carbocycles. The van der Waals surface area contributed by atoms with Crippen molar-refractivity contribution in [1.29, 1.82) is 0 Å². The van der Waals surface area contributed by atoms with Gasteiger partial charge in [0.15, 0.2) is 6.10 Å². The normalized spacial score (nSPS) is 12.6. The second-order valence-electron chi connectivity index (χ2n) is 16.1. The predicted octanol–water partition coefficient (Wildman–Crippen LogP) is 13.8. The first kappa shape index (κ1) is 49.4. The van der Waals surface area contributed by atoms with Crippen LogP contribution in [0.25, 0.3) is 0 Å². The van der Waals surface area contributed by atoms with Crippen LogP contribution < -0.4 is 0 Å². The highest BCUT2D eigenvalue weighted by Crippen LogP contribution is 2.17. The van der Waals surface area contributed by atoms with E-state index in [0.717, 1.165) is 69.6 Å². The molecular weight excluding hydrogens is 636 g/mol. The molecular formula is C45H86O6. The van der Waals surface area contributed by atoms with Gasteiger partial charge in [-0.1, -0.05) is 202 Å². The van der Waals surface area contributed by atoms with Crippen LogP contribution in [-0.4, -0.2) is 37.2 Å². The summed E-state index contributed by atoms with van der Waals surface area (Å²) < 4.78 is 16.7. The van der Waals surface area contributed by atoms with Crippen molar-refractivity contribution in [3.63, 3.8) is 0 Å². The average molecular weight is 723 g/mol. The van der Waals surface area contributed by atoms with Crippen LogP contribution in [0.15, 0.2) is 0 Å². The lowest BCUT2D eigenvalue weighted by Gasteiger charge is -2.18. The topological polar surface area (TPSA) is 78.9 Å². The first-order valence-corrected chi connectivity index (χ1v) is 22.3. The van der Waals surface area contributed by atoms with Crippen LogP contribution in [-0.2, 0) is 28.6 Å². The van der Waals surface area contributed by atoms with Gasteiger partial charge in [-0.05, 0) is 31.1 Å². The maximum Gasteiger partial charge on any atom is 0.306 e. The summed E-state index contributed by atoms with van der Waals surface area (Å²) in [6.45, 7) is 11.3. The van der Waals surface area contributed by atoms with E-state index < -0.39 is 6.10 Å². The monoisotopic (exact) mass is 723 g/mol. The summed E-state index contributed by atoms with van der Waals surface area (Å²) in [6.07, 6.45) is 35.1. The molecule has 0 saturated carbocycles. The minimum Gasteiger partial charge on any atom is -0.462 e. The quantitative estimate of drug-likeness (QED) is 0.0357. The number of esters is 3. The number of unbranched alkanes of at least 4 members (excludes halogenated alkanes) is 23. The number of ether oxygens (including phenoxy) is 3. The lowest BCUT2D eigenvalue weighted by Crippen LogP contribution is -2.30. The van der Waals surface area contributed by atoms with Crippen molar-refractivity contribution in [2.24, 2.45) is 11.8 Å². The minimum atomic E-state index is -0.759. The zero-order valence-corrected chi connectivity index (χ0v) is 34.7. The molecule has 0 fully saturated rings. The summed E-state index contributed by atoms with van der Waals surface area (Å²) in [5.74, 6) is 0.793. The van der Waals surface area contributed by atoms with Crippen molar-refractivity contribution >= 4 is 17.9 Å². The number of carbonyl (C=O) groups excluding carboxylic acids is 3. The first-order chi connectivity index (χ1) is 24.8. The molecule has 6 heteroatoms. The van der Waals surface area contributed by atoms with Gasteiger partial charge in [-0.25, -0.2) is 0 Å². The van der Waals surface area contributed by atoms with Crippen molar-refractivity contribution in [3.8, 4) is 0 Å². The molecule has 0 N–H and O–H groups in total. The largest absolute Gasteiger partial charge is 0.462 e. The second-order valence-corrected chi connectivity index (χ2v) is 16.1. The Morgan fingerprint density at radius 3 is 1.12 bits per heavy atom. The van der Waals surface area contributed by atoms with Gasteiger partial charge in [0.05, 0.1) is 0 Å². The summed E-state index contributed by atoms with van der Waals surface area (Å²) in [7, 11) is 0. The third kappa shape index (κ3) is 38.0. The summed E-state index contributed by atoms with van der Waals surface area (Å²) >= 11 is 0. The molecule has 0 rings (SSSR count). The summed E-state index contributed by atoms with van der Waals surface area (Å²) in [4.78, 5) is 37.6. The highest BCUT2D eigenvalue weighted by atomic mass is 16.6. The highest BCUT2D eigenvalue weighted by molar-refractivity contribution is 5.71. The number of hydrogen-bond acceptors (Lipinski definition) is 6. The molecule has 0 radical (unpaired) electrons. The molecule has 0 aliphatic carbocycles. The van der Waals surface area contributed by atoms with Gasteiger partial charge in [-0.15, -0.1) is 0 Å². The third-order valence-corrected chi connectivity index (χ3v) is 10.3. The Bertz CT molecular complexity index is 781. The van der Waals surface area contributed by atoms with E-state index in [1.54, 1.807) is 0 Å². The predicted molar refractivity (Wildman–Crippen MR) is 215 cm³/mol. The molecule has 51 heavy (non-hydrogen) atoms. The fourth-order valence-corrected chi connectivity index (χ4v) is 6.54. The Hall–Kier alpha value is -1.59. The van der Waals surface area contributed by atoms with Crippen molar-refractivity contribution < 1.29 is 28.6 Å². The average Bonchev–Trinajstić information content (AvgIpc) is 3.11. The van der Waals surface area contributed by atoms with Crippen LogP contribution in [0.4, 0.5) is 0 Å². The Morgan fingerprint density at radius 2 is 0.745 bits per heavy atom. The van der Waals surface area contributed by atoms with Crippen LogP contribution >= 0.6 is 0 Å². The smallest absolute Gasteiger partial charge is 0.306 e. The van der Waals surface area contributed by atoms with E-state index in [-0.39, 0.29) is 31.1 Å². The van der Waals surface area contributed by atoms with Gasteiger partial charge < -0.3 is 14.2 Å². The Kier molecular flexibility index (Phi) is 37.0. The summed E-state index contributed by atoms with van der Waals surface area (Å²) in [5.41, 5.74) is 0. The minimum absolute atomic E-state index is 0.0657. The van der Waals surface area contributed by atoms with Gasteiger partial charge in [0.1, 0.15) is 13.2 Å². The number of carbonyl (C=O) groups is 3. The maximum atomic E-state index is 12.6. The Labute approximate surface area is 317 Å². The van der Waals surface area contributed by atoms with Gasteiger partial charge in [-0.3, -0.25) is 14.4 Å². The van der Waals surface area contributed by atoms with Crippen molar-refractivity contribution in [1.82, 2.24) is 0 Å². The summed E-state index contributed by atoms with van der Waals surface area (Å²) in [5, 5.41) is 0. The third-order valence-electron chi connectivity index (χ3n) is 10.3.